The van der Waals surface area contributed by atoms with E-state index >= 15 is 0 Å². The van der Waals surface area contributed by atoms with Crippen LogP contribution in [0.5, 0.6) is 0 Å². The lowest BCUT2D eigenvalue weighted by molar-refractivity contribution is 0.860. The first-order chi connectivity index (χ1) is 5.11. The van der Waals surface area contributed by atoms with Gasteiger partial charge in [-0.05, 0) is 52.3 Å². The van der Waals surface area contributed by atoms with Crippen LogP contribution in [0, 0.1) is 3.57 Å². The standard InChI is InChI=1S/C9H10ClI/c1-6(2)8-5-7(10)3-4-9(8)11/h3-6H,1-2H3. The fraction of sp³-hybridized carbons (Fsp3) is 0.333. The van der Waals surface area contributed by atoms with E-state index in [9.17, 15) is 0 Å². The SMILES string of the molecule is CC(C)c1cc(Cl)ccc1I. The van der Waals surface area contributed by atoms with E-state index in [1.807, 2.05) is 12.1 Å². The third kappa shape index (κ3) is 2.34. The molecule has 0 unspecified atom stereocenters. The molecule has 0 aromatic heterocycles. The van der Waals surface area contributed by atoms with Gasteiger partial charge in [-0.25, -0.2) is 0 Å². The summed E-state index contributed by atoms with van der Waals surface area (Å²) in [5, 5.41) is 0.828. The van der Waals surface area contributed by atoms with E-state index in [4.69, 9.17) is 11.6 Å². The number of rotatable bonds is 1. The van der Waals surface area contributed by atoms with E-state index < -0.39 is 0 Å². The van der Waals surface area contributed by atoms with Gasteiger partial charge in [0.25, 0.3) is 0 Å². The Kier molecular flexibility index (Phi) is 3.19. The van der Waals surface area contributed by atoms with Gasteiger partial charge in [-0.3, -0.25) is 0 Å². The van der Waals surface area contributed by atoms with E-state index in [2.05, 4.69) is 42.5 Å². The highest BCUT2D eigenvalue weighted by Gasteiger charge is 2.03. The van der Waals surface area contributed by atoms with Gasteiger partial charge in [0.15, 0.2) is 0 Å². The summed E-state index contributed by atoms with van der Waals surface area (Å²) in [6.07, 6.45) is 0. The molecular formula is C9H10ClI. The van der Waals surface area contributed by atoms with Gasteiger partial charge in [-0.15, -0.1) is 0 Å². The van der Waals surface area contributed by atoms with Crippen LogP contribution in [0.4, 0.5) is 0 Å². The summed E-state index contributed by atoms with van der Waals surface area (Å²) in [7, 11) is 0. The maximum atomic E-state index is 5.86. The summed E-state index contributed by atoms with van der Waals surface area (Å²) in [6, 6.07) is 6.02. The van der Waals surface area contributed by atoms with Crippen LogP contribution in [-0.4, -0.2) is 0 Å². The van der Waals surface area contributed by atoms with Crippen LogP contribution in [0.2, 0.25) is 5.02 Å². The predicted molar refractivity (Wildman–Crippen MR) is 58.3 cm³/mol. The summed E-state index contributed by atoms with van der Waals surface area (Å²) < 4.78 is 1.29. The summed E-state index contributed by atoms with van der Waals surface area (Å²) in [4.78, 5) is 0. The lowest BCUT2D eigenvalue weighted by atomic mass is 10.0. The van der Waals surface area contributed by atoms with Crippen molar-refractivity contribution in [1.82, 2.24) is 0 Å². The molecule has 60 valence electrons. The van der Waals surface area contributed by atoms with Crippen molar-refractivity contribution in [2.45, 2.75) is 19.8 Å². The zero-order valence-electron chi connectivity index (χ0n) is 6.57. The highest BCUT2D eigenvalue weighted by molar-refractivity contribution is 14.1. The fourth-order valence-electron chi connectivity index (χ4n) is 0.957. The van der Waals surface area contributed by atoms with Gasteiger partial charge in [0.05, 0.1) is 0 Å². The first-order valence-electron chi connectivity index (χ1n) is 3.56. The van der Waals surface area contributed by atoms with E-state index in [0.717, 1.165) is 5.02 Å². The van der Waals surface area contributed by atoms with Crippen molar-refractivity contribution < 1.29 is 0 Å². The molecule has 0 aliphatic rings. The average molecular weight is 281 g/mol. The molecule has 0 aliphatic heterocycles. The molecule has 0 saturated heterocycles. The highest BCUT2D eigenvalue weighted by Crippen LogP contribution is 2.24. The van der Waals surface area contributed by atoms with Crippen molar-refractivity contribution in [2.24, 2.45) is 0 Å². The van der Waals surface area contributed by atoms with Gasteiger partial charge in [-0.2, -0.15) is 0 Å². The highest BCUT2D eigenvalue weighted by atomic mass is 127. The van der Waals surface area contributed by atoms with Crippen molar-refractivity contribution in [2.75, 3.05) is 0 Å². The van der Waals surface area contributed by atoms with E-state index in [1.54, 1.807) is 0 Å². The van der Waals surface area contributed by atoms with Gasteiger partial charge in [0, 0.05) is 8.59 Å². The molecule has 0 fully saturated rings. The lowest BCUT2D eigenvalue weighted by Crippen LogP contribution is -1.90. The van der Waals surface area contributed by atoms with Crippen LogP contribution in [0.3, 0.4) is 0 Å². The summed E-state index contributed by atoms with van der Waals surface area (Å²) in [6.45, 7) is 4.35. The van der Waals surface area contributed by atoms with Gasteiger partial charge in [0.2, 0.25) is 0 Å². The topological polar surface area (TPSA) is 0 Å². The molecule has 0 spiro atoms. The summed E-state index contributed by atoms with van der Waals surface area (Å²) in [5.41, 5.74) is 1.33. The maximum absolute atomic E-state index is 5.86. The smallest absolute Gasteiger partial charge is 0.0409 e. The molecule has 0 N–H and O–H groups in total. The van der Waals surface area contributed by atoms with E-state index in [1.165, 1.54) is 9.13 Å². The number of hydrogen-bond acceptors (Lipinski definition) is 0. The number of halogens is 2. The Labute approximate surface area is 86.1 Å². The van der Waals surface area contributed by atoms with Crippen molar-refractivity contribution in [3.8, 4) is 0 Å². The molecule has 1 aromatic rings. The van der Waals surface area contributed by atoms with Crippen LogP contribution in [0.25, 0.3) is 0 Å². The molecule has 0 amide bonds. The van der Waals surface area contributed by atoms with Crippen LogP contribution in [-0.2, 0) is 0 Å². The van der Waals surface area contributed by atoms with Crippen LogP contribution >= 0.6 is 34.2 Å². The Morgan fingerprint density at radius 3 is 2.45 bits per heavy atom. The molecule has 0 nitrogen and oxygen atoms in total. The minimum Gasteiger partial charge on any atom is -0.0843 e. The third-order valence-electron chi connectivity index (χ3n) is 1.58. The molecule has 1 aromatic carbocycles. The van der Waals surface area contributed by atoms with Crippen LogP contribution in [0.1, 0.15) is 25.3 Å². The minimum absolute atomic E-state index is 0.556. The van der Waals surface area contributed by atoms with Crippen molar-refractivity contribution in [1.29, 1.82) is 0 Å². The maximum Gasteiger partial charge on any atom is 0.0409 e. The molecular weight excluding hydrogens is 270 g/mol. The Hall–Kier alpha value is 0.240. The van der Waals surface area contributed by atoms with Crippen LogP contribution in [0.15, 0.2) is 18.2 Å². The monoisotopic (exact) mass is 280 g/mol. The first-order valence-corrected chi connectivity index (χ1v) is 5.02. The molecule has 1 rings (SSSR count). The van der Waals surface area contributed by atoms with Gasteiger partial charge < -0.3 is 0 Å². The molecule has 0 saturated carbocycles. The molecule has 0 heterocycles. The second-order valence-corrected chi connectivity index (χ2v) is 4.42. The second-order valence-electron chi connectivity index (χ2n) is 2.82. The first kappa shape index (κ1) is 9.33. The molecule has 2 heteroatoms. The largest absolute Gasteiger partial charge is 0.0843 e. The Balaban J connectivity index is 3.13. The quantitative estimate of drug-likeness (QED) is 0.680. The minimum atomic E-state index is 0.556. The van der Waals surface area contributed by atoms with Gasteiger partial charge >= 0.3 is 0 Å². The molecule has 0 radical (unpaired) electrons. The van der Waals surface area contributed by atoms with E-state index in [0.29, 0.717) is 5.92 Å². The number of benzene rings is 1. The van der Waals surface area contributed by atoms with Gasteiger partial charge in [0.1, 0.15) is 0 Å². The van der Waals surface area contributed by atoms with Crippen molar-refractivity contribution in [3.63, 3.8) is 0 Å². The molecule has 0 aliphatic carbocycles. The fourth-order valence-corrected chi connectivity index (χ4v) is 2.10. The van der Waals surface area contributed by atoms with Gasteiger partial charge in [-0.1, -0.05) is 25.4 Å². The van der Waals surface area contributed by atoms with E-state index in [-0.39, 0.29) is 0 Å². The predicted octanol–water partition coefficient (Wildman–Crippen LogP) is 4.07. The molecule has 0 bridgehead atoms. The molecule has 0 atom stereocenters. The molecule has 11 heavy (non-hydrogen) atoms. The van der Waals surface area contributed by atoms with Crippen molar-refractivity contribution in [3.05, 3.63) is 32.4 Å². The van der Waals surface area contributed by atoms with Crippen LogP contribution < -0.4 is 0 Å². The zero-order chi connectivity index (χ0) is 8.43. The Bertz CT molecular complexity index is 256. The lowest BCUT2D eigenvalue weighted by Gasteiger charge is -2.07. The summed E-state index contributed by atoms with van der Waals surface area (Å²) in [5.74, 6) is 0.556. The summed E-state index contributed by atoms with van der Waals surface area (Å²) >= 11 is 8.19. The third-order valence-corrected chi connectivity index (χ3v) is 2.80. The number of hydrogen-bond donors (Lipinski definition) is 0. The van der Waals surface area contributed by atoms with Crippen molar-refractivity contribution >= 4 is 34.2 Å². The normalized spacial score (nSPS) is 10.6. The zero-order valence-corrected chi connectivity index (χ0v) is 9.48. The second kappa shape index (κ2) is 3.76. The Morgan fingerprint density at radius 1 is 1.36 bits per heavy atom. The average Bonchev–Trinajstić information content (AvgIpc) is 1.94. The Morgan fingerprint density at radius 2 is 2.00 bits per heavy atom.